The molecule has 6 heteroatoms. The van der Waals surface area contributed by atoms with Crippen LogP contribution in [0.1, 0.15) is 11.3 Å². The molecule has 0 amide bonds. The Labute approximate surface area is 115 Å². The van der Waals surface area contributed by atoms with Crippen molar-refractivity contribution in [3.63, 3.8) is 0 Å². The topological polar surface area (TPSA) is 61.0 Å². The van der Waals surface area contributed by atoms with E-state index < -0.39 is 0 Å². The van der Waals surface area contributed by atoms with Crippen molar-refractivity contribution in [3.05, 3.63) is 46.7 Å². The average Bonchev–Trinajstić information content (AvgIpc) is 2.34. The van der Waals surface area contributed by atoms with Crippen LogP contribution in [0.2, 0.25) is 5.02 Å². The molecule has 0 saturated heterocycles. The molecule has 0 bridgehead atoms. The summed E-state index contributed by atoms with van der Waals surface area (Å²) < 4.78 is 5.56. The molecule has 0 unspecified atom stereocenters. The summed E-state index contributed by atoms with van der Waals surface area (Å²) in [6.07, 6.45) is 1.54. The fraction of sp³-hybridized carbons (Fsp3) is 0.0833. The molecule has 0 radical (unpaired) electrons. The van der Waals surface area contributed by atoms with E-state index >= 15 is 0 Å². The summed E-state index contributed by atoms with van der Waals surface area (Å²) >= 11 is 10.7. The lowest BCUT2D eigenvalue weighted by molar-refractivity contribution is 0.438. The third kappa shape index (κ3) is 2.94. The van der Waals surface area contributed by atoms with E-state index in [-0.39, 0.29) is 11.0 Å². The molecule has 92 valence electrons. The summed E-state index contributed by atoms with van der Waals surface area (Å²) in [5.74, 6) is 0.600. The summed E-state index contributed by atoms with van der Waals surface area (Å²) in [6.45, 7) is 1.91. The highest BCUT2D eigenvalue weighted by Crippen LogP contribution is 2.25. The zero-order valence-corrected chi connectivity index (χ0v) is 11.1. The van der Waals surface area contributed by atoms with Gasteiger partial charge in [-0.1, -0.05) is 29.9 Å². The Hall–Kier alpha value is -1.72. The number of hydrogen-bond acceptors (Lipinski definition) is 4. The maximum Gasteiger partial charge on any atom is 0.322 e. The molecule has 0 fully saturated rings. The monoisotopic (exact) mass is 279 g/mol. The fourth-order valence-electron chi connectivity index (χ4n) is 1.31. The van der Waals surface area contributed by atoms with Gasteiger partial charge in [0.05, 0.1) is 0 Å². The minimum Gasteiger partial charge on any atom is -0.424 e. The lowest BCUT2D eigenvalue weighted by Crippen LogP contribution is -2.12. The van der Waals surface area contributed by atoms with Crippen LogP contribution < -0.4 is 10.5 Å². The third-order valence-electron chi connectivity index (χ3n) is 2.24. The Morgan fingerprint density at radius 2 is 2.17 bits per heavy atom. The second-order valence-electron chi connectivity index (χ2n) is 3.60. The van der Waals surface area contributed by atoms with Crippen LogP contribution >= 0.6 is 23.8 Å². The van der Waals surface area contributed by atoms with E-state index in [0.29, 0.717) is 16.5 Å². The van der Waals surface area contributed by atoms with Gasteiger partial charge in [-0.05, 0) is 30.7 Å². The van der Waals surface area contributed by atoms with E-state index in [1.165, 1.54) is 6.20 Å². The number of thiocarbonyl (C=S) groups is 1. The SMILES string of the molecule is Cc1ccc(Cl)cc1Oc1nccc(C(N)=S)n1. The molecule has 0 aliphatic heterocycles. The number of benzene rings is 1. The zero-order chi connectivity index (χ0) is 13.1. The lowest BCUT2D eigenvalue weighted by Gasteiger charge is -2.07. The van der Waals surface area contributed by atoms with E-state index in [9.17, 15) is 0 Å². The Kier molecular flexibility index (Phi) is 3.74. The van der Waals surface area contributed by atoms with Gasteiger partial charge in [-0.25, -0.2) is 4.98 Å². The molecule has 2 rings (SSSR count). The summed E-state index contributed by atoms with van der Waals surface area (Å²) in [5.41, 5.74) is 6.90. The summed E-state index contributed by atoms with van der Waals surface area (Å²) in [6, 6.07) is 7.16. The number of aromatic nitrogens is 2. The number of aryl methyl sites for hydroxylation is 1. The number of ether oxygens (including phenoxy) is 1. The van der Waals surface area contributed by atoms with Crippen molar-refractivity contribution < 1.29 is 4.74 Å². The third-order valence-corrected chi connectivity index (χ3v) is 2.68. The van der Waals surface area contributed by atoms with Crippen molar-refractivity contribution in [3.8, 4) is 11.8 Å². The largest absolute Gasteiger partial charge is 0.424 e. The van der Waals surface area contributed by atoms with Gasteiger partial charge < -0.3 is 10.5 Å². The van der Waals surface area contributed by atoms with E-state index in [1.807, 2.05) is 13.0 Å². The molecule has 0 atom stereocenters. The molecule has 18 heavy (non-hydrogen) atoms. The summed E-state index contributed by atoms with van der Waals surface area (Å²) in [4.78, 5) is 8.29. The van der Waals surface area contributed by atoms with Gasteiger partial charge in [-0.15, -0.1) is 0 Å². The highest BCUT2D eigenvalue weighted by molar-refractivity contribution is 7.80. The maximum absolute atomic E-state index is 5.90. The first kappa shape index (κ1) is 12.7. The van der Waals surface area contributed by atoms with E-state index in [2.05, 4.69) is 9.97 Å². The van der Waals surface area contributed by atoms with E-state index in [1.54, 1.807) is 18.2 Å². The van der Waals surface area contributed by atoms with Crippen LogP contribution in [0.3, 0.4) is 0 Å². The van der Waals surface area contributed by atoms with Crippen molar-refractivity contribution in [2.24, 2.45) is 5.73 Å². The summed E-state index contributed by atoms with van der Waals surface area (Å²) in [5, 5.41) is 0.584. The van der Waals surface area contributed by atoms with Gasteiger partial charge in [0, 0.05) is 11.2 Å². The maximum atomic E-state index is 5.90. The first-order valence-electron chi connectivity index (χ1n) is 5.13. The van der Waals surface area contributed by atoms with Crippen LogP contribution in [0.15, 0.2) is 30.5 Å². The normalized spacial score (nSPS) is 10.1. The van der Waals surface area contributed by atoms with Crippen molar-refractivity contribution in [2.45, 2.75) is 6.92 Å². The quantitative estimate of drug-likeness (QED) is 0.876. The second-order valence-corrected chi connectivity index (χ2v) is 4.48. The first-order chi connectivity index (χ1) is 8.56. The minimum atomic E-state index is 0.186. The second kappa shape index (κ2) is 5.29. The van der Waals surface area contributed by atoms with Crippen molar-refractivity contribution in [1.82, 2.24) is 9.97 Å². The molecule has 0 saturated carbocycles. The standard InChI is InChI=1S/C12H10ClN3OS/c1-7-2-3-8(13)6-10(7)17-12-15-5-4-9(16-12)11(14)18/h2-6H,1H3,(H2,14,18). The van der Waals surface area contributed by atoms with E-state index in [4.69, 9.17) is 34.3 Å². The fourth-order valence-corrected chi connectivity index (χ4v) is 1.59. The Bertz CT molecular complexity index is 604. The van der Waals surface area contributed by atoms with Crippen LogP contribution in [0, 0.1) is 6.92 Å². The van der Waals surface area contributed by atoms with Gasteiger partial charge >= 0.3 is 6.01 Å². The first-order valence-corrected chi connectivity index (χ1v) is 5.92. The lowest BCUT2D eigenvalue weighted by atomic mass is 10.2. The van der Waals surface area contributed by atoms with Crippen LogP contribution in [0.25, 0.3) is 0 Å². The molecule has 1 aromatic carbocycles. The molecule has 0 aliphatic rings. The molecule has 4 nitrogen and oxygen atoms in total. The smallest absolute Gasteiger partial charge is 0.322 e. The number of hydrogen-bond donors (Lipinski definition) is 1. The zero-order valence-electron chi connectivity index (χ0n) is 9.55. The van der Waals surface area contributed by atoms with E-state index in [0.717, 1.165) is 5.56 Å². The summed E-state index contributed by atoms with van der Waals surface area (Å²) in [7, 11) is 0. The van der Waals surface area contributed by atoms with Crippen LogP contribution in [-0.2, 0) is 0 Å². The van der Waals surface area contributed by atoms with Crippen molar-refractivity contribution in [1.29, 1.82) is 0 Å². The van der Waals surface area contributed by atoms with Crippen LogP contribution in [0.5, 0.6) is 11.8 Å². The van der Waals surface area contributed by atoms with Gasteiger partial charge in [0.25, 0.3) is 0 Å². The Morgan fingerprint density at radius 1 is 1.39 bits per heavy atom. The molecular weight excluding hydrogens is 270 g/mol. The predicted molar refractivity (Wildman–Crippen MR) is 74.2 cm³/mol. The molecule has 2 aromatic rings. The van der Waals surface area contributed by atoms with Crippen LogP contribution in [0.4, 0.5) is 0 Å². The molecular formula is C12H10ClN3OS. The number of nitrogens with zero attached hydrogens (tertiary/aromatic N) is 2. The van der Waals surface area contributed by atoms with Gasteiger partial charge in [0.15, 0.2) is 0 Å². The highest BCUT2D eigenvalue weighted by Gasteiger charge is 2.06. The average molecular weight is 280 g/mol. The number of rotatable bonds is 3. The Balaban J connectivity index is 2.31. The number of nitrogens with two attached hydrogens (primary N) is 1. The van der Waals surface area contributed by atoms with Crippen molar-refractivity contribution in [2.75, 3.05) is 0 Å². The molecule has 1 aromatic heterocycles. The molecule has 0 spiro atoms. The molecule has 2 N–H and O–H groups in total. The van der Waals surface area contributed by atoms with Crippen molar-refractivity contribution >= 4 is 28.8 Å². The molecule has 1 heterocycles. The highest BCUT2D eigenvalue weighted by atomic mass is 35.5. The minimum absolute atomic E-state index is 0.186. The predicted octanol–water partition coefficient (Wildman–Crippen LogP) is 2.86. The van der Waals surface area contributed by atoms with Gasteiger partial charge in [0.1, 0.15) is 16.4 Å². The number of halogens is 1. The van der Waals surface area contributed by atoms with Gasteiger partial charge in [-0.3, -0.25) is 0 Å². The van der Waals surface area contributed by atoms with Gasteiger partial charge in [-0.2, -0.15) is 4.98 Å². The Morgan fingerprint density at radius 3 is 2.89 bits per heavy atom. The molecule has 0 aliphatic carbocycles. The van der Waals surface area contributed by atoms with Crippen LogP contribution in [-0.4, -0.2) is 15.0 Å². The van der Waals surface area contributed by atoms with Gasteiger partial charge in [0.2, 0.25) is 0 Å².